The Kier molecular flexibility index (Phi) is 6.83. The average molecular weight is 354 g/mol. The highest BCUT2D eigenvalue weighted by Gasteiger charge is 2.20. The van der Waals surface area contributed by atoms with Crippen molar-refractivity contribution in [2.24, 2.45) is 4.99 Å². The average Bonchev–Trinajstić information content (AvgIpc) is 2.70. The van der Waals surface area contributed by atoms with E-state index in [2.05, 4.69) is 58.6 Å². The Morgan fingerprint density at radius 2 is 2.08 bits per heavy atom. The maximum atomic E-state index is 4.82. The molecule has 1 aromatic heterocycles. The molecule has 0 bridgehead atoms. The number of nitrogens with one attached hydrogen (secondary N) is 2. The number of benzene rings is 1. The van der Waals surface area contributed by atoms with Gasteiger partial charge in [-0.3, -0.25) is 9.88 Å². The summed E-state index contributed by atoms with van der Waals surface area (Å²) in [6, 6.07) is 10.9. The molecule has 0 aliphatic carbocycles. The summed E-state index contributed by atoms with van der Waals surface area (Å²) in [5.74, 6) is 0.898. The van der Waals surface area contributed by atoms with E-state index in [1.54, 1.807) is 0 Å². The predicted molar refractivity (Wildman–Crippen MR) is 109 cm³/mol. The van der Waals surface area contributed by atoms with E-state index in [1.807, 2.05) is 12.3 Å². The maximum Gasteiger partial charge on any atom is 0.191 e. The third kappa shape index (κ3) is 4.73. The first-order valence-electron chi connectivity index (χ1n) is 9.90. The summed E-state index contributed by atoms with van der Waals surface area (Å²) >= 11 is 0. The molecule has 140 valence electrons. The molecular formula is C21H31N5. The van der Waals surface area contributed by atoms with Gasteiger partial charge in [-0.25, -0.2) is 4.99 Å². The van der Waals surface area contributed by atoms with Crippen molar-refractivity contribution in [3.8, 4) is 0 Å². The number of guanidine groups is 1. The second kappa shape index (κ2) is 9.53. The number of piperidine rings is 1. The van der Waals surface area contributed by atoms with Crippen molar-refractivity contribution in [2.75, 3.05) is 26.2 Å². The van der Waals surface area contributed by atoms with Crippen molar-refractivity contribution in [2.45, 2.75) is 45.7 Å². The molecule has 1 aliphatic rings. The molecule has 2 heterocycles. The van der Waals surface area contributed by atoms with Gasteiger partial charge in [0, 0.05) is 30.7 Å². The minimum Gasteiger partial charge on any atom is -0.357 e. The first-order chi connectivity index (χ1) is 12.8. The van der Waals surface area contributed by atoms with Gasteiger partial charge >= 0.3 is 0 Å². The Hall–Kier alpha value is -2.14. The molecule has 1 unspecified atom stereocenters. The van der Waals surface area contributed by atoms with Gasteiger partial charge in [0.15, 0.2) is 5.96 Å². The molecule has 0 amide bonds. The van der Waals surface area contributed by atoms with E-state index < -0.39 is 0 Å². The summed E-state index contributed by atoms with van der Waals surface area (Å²) in [6.45, 7) is 9.19. The number of aliphatic imine (C=N–C) groups is 1. The summed E-state index contributed by atoms with van der Waals surface area (Å²) in [6.07, 6.45) is 5.80. The Balaban J connectivity index is 1.66. The highest BCUT2D eigenvalue weighted by molar-refractivity contribution is 5.83. The van der Waals surface area contributed by atoms with Crippen LogP contribution in [0.3, 0.4) is 0 Å². The molecule has 2 aromatic rings. The number of para-hydroxylation sites is 1. The number of hydrogen-bond acceptors (Lipinski definition) is 3. The van der Waals surface area contributed by atoms with Crippen molar-refractivity contribution in [1.29, 1.82) is 0 Å². The molecule has 26 heavy (non-hydrogen) atoms. The fourth-order valence-corrected chi connectivity index (χ4v) is 3.72. The third-order valence-corrected chi connectivity index (χ3v) is 5.15. The van der Waals surface area contributed by atoms with E-state index in [0.717, 1.165) is 31.1 Å². The number of fused-ring (bicyclic) bond motifs is 1. The lowest BCUT2D eigenvalue weighted by Crippen LogP contribution is -2.49. The monoisotopic (exact) mass is 353 g/mol. The first kappa shape index (κ1) is 18.6. The van der Waals surface area contributed by atoms with Gasteiger partial charge in [0.25, 0.3) is 0 Å². The van der Waals surface area contributed by atoms with Crippen LogP contribution in [-0.4, -0.2) is 48.1 Å². The van der Waals surface area contributed by atoms with Gasteiger partial charge in [0.2, 0.25) is 0 Å². The van der Waals surface area contributed by atoms with E-state index in [9.17, 15) is 0 Å². The van der Waals surface area contributed by atoms with Crippen LogP contribution in [0.2, 0.25) is 0 Å². The summed E-state index contributed by atoms with van der Waals surface area (Å²) in [5, 5.41) is 8.11. The van der Waals surface area contributed by atoms with E-state index >= 15 is 0 Å². The van der Waals surface area contributed by atoms with Crippen LogP contribution in [0.15, 0.2) is 41.5 Å². The quantitative estimate of drug-likeness (QED) is 0.619. The molecule has 1 fully saturated rings. The van der Waals surface area contributed by atoms with E-state index in [4.69, 9.17) is 4.99 Å². The molecule has 0 radical (unpaired) electrons. The Morgan fingerprint density at radius 3 is 2.92 bits per heavy atom. The van der Waals surface area contributed by atoms with Gasteiger partial charge in [0.05, 0.1) is 12.1 Å². The van der Waals surface area contributed by atoms with Gasteiger partial charge < -0.3 is 10.6 Å². The van der Waals surface area contributed by atoms with Crippen LogP contribution in [0.5, 0.6) is 0 Å². The summed E-state index contributed by atoms with van der Waals surface area (Å²) in [7, 11) is 0. The highest BCUT2D eigenvalue weighted by atomic mass is 15.2. The van der Waals surface area contributed by atoms with E-state index in [1.165, 1.54) is 36.8 Å². The van der Waals surface area contributed by atoms with Gasteiger partial charge in [-0.15, -0.1) is 0 Å². The standard InChI is InChI=1S/C21H31N5/c1-3-22-21(25-16-18-9-7-8-14-26(18)4-2)24-15-17-12-13-23-20-11-6-5-10-19(17)20/h5-6,10-13,18H,3-4,7-9,14-16H2,1-2H3,(H2,22,24,25). The fourth-order valence-electron chi connectivity index (χ4n) is 3.72. The summed E-state index contributed by atoms with van der Waals surface area (Å²) in [4.78, 5) is 11.8. The number of likely N-dealkylation sites (N-methyl/N-ethyl adjacent to an activating group) is 1. The molecule has 0 saturated carbocycles. The van der Waals surface area contributed by atoms with Crippen LogP contribution in [0, 0.1) is 0 Å². The van der Waals surface area contributed by atoms with Gasteiger partial charge in [-0.1, -0.05) is 31.5 Å². The third-order valence-electron chi connectivity index (χ3n) is 5.15. The molecule has 0 spiro atoms. The molecule has 1 aromatic carbocycles. The lowest BCUT2D eigenvalue weighted by molar-refractivity contribution is 0.157. The smallest absolute Gasteiger partial charge is 0.191 e. The minimum absolute atomic E-state index is 0.611. The van der Waals surface area contributed by atoms with E-state index in [0.29, 0.717) is 12.6 Å². The van der Waals surface area contributed by atoms with Crippen molar-refractivity contribution < 1.29 is 0 Å². The van der Waals surface area contributed by atoms with Gasteiger partial charge in [-0.05, 0) is 50.6 Å². The Bertz CT molecular complexity index is 722. The zero-order chi connectivity index (χ0) is 18.2. The molecule has 5 nitrogen and oxygen atoms in total. The second-order valence-electron chi connectivity index (χ2n) is 6.84. The lowest BCUT2D eigenvalue weighted by atomic mass is 10.0. The number of rotatable bonds is 6. The fraction of sp³-hybridized carbons (Fsp3) is 0.524. The maximum absolute atomic E-state index is 4.82. The number of likely N-dealkylation sites (tertiary alicyclic amines) is 1. The van der Waals surface area contributed by atoms with Crippen LogP contribution in [0.4, 0.5) is 0 Å². The topological polar surface area (TPSA) is 52.6 Å². The van der Waals surface area contributed by atoms with Crippen molar-refractivity contribution >= 4 is 16.9 Å². The lowest BCUT2D eigenvalue weighted by Gasteiger charge is -2.35. The molecule has 3 rings (SSSR count). The molecular weight excluding hydrogens is 322 g/mol. The molecule has 1 saturated heterocycles. The predicted octanol–water partition coefficient (Wildman–Crippen LogP) is 3.16. The van der Waals surface area contributed by atoms with Crippen LogP contribution >= 0.6 is 0 Å². The van der Waals surface area contributed by atoms with Crippen LogP contribution < -0.4 is 10.6 Å². The number of pyridine rings is 1. The van der Waals surface area contributed by atoms with Crippen molar-refractivity contribution in [3.05, 3.63) is 42.1 Å². The number of aromatic nitrogens is 1. The van der Waals surface area contributed by atoms with Crippen LogP contribution in [0.1, 0.15) is 38.7 Å². The second-order valence-corrected chi connectivity index (χ2v) is 6.84. The number of nitrogens with zero attached hydrogens (tertiary/aromatic N) is 3. The molecule has 5 heteroatoms. The SMILES string of the molecule is CCNC(=NCc1ccnc2ccccc12)NCC1CCCCN1CC. The Labute approximate surface area is 156 Å². The van der Waals surface area contributed by atoms with E-state index in [-0.39, 0.29) is 0 Å². The van der Waals surface area contributed by atoms with Crippen molar-refractivity contribution in [3.63, 3.8) is 0 Å². The van der Waals surface area contributed by atoms with Crippen LogP contribution in [-0.2, 0) is 6.54 Å². The zero-order valence-electron chi connectivity index (χ0n) is 16.0. The van der Waals surface area contributed by atoms with Gasteiger partial charge in [-0.2, -0.15) is 0 Å². The summed E-state index contributed by atoms with van der Waals surface area (Å²) < 4.78 is 0. The van der Waals surface area contributed by atoms with Crippen LogP contribution in [0.25, 0.3) is 10.9 Å². The summed E-state index contributed by atoms with van der Waals surface area (Å²) in [5.41, 5.74) is 2.24. The largest absolute Gasteiger partial charge is 0.357 e. The Morgan fingerprint density at radius 1 is 1.19 bits per heavy atom. The van der Waals surface area contributed by atoms with Gasteiger partial charge in [0.1, 0.15) is 0 Å². The first-order valence-corrected chi connectivity index (χ1v) is 9.90. The highest BCUT2D eigenvalue weighted by Crippen LogP contribution is 2.17. The molecule has 1 atom stereocenters. The normalized spacial score (nSPS) is 18.8. The number of hydrogen-bond donors (Lipinski definition) is 2. The molecule has 2 N–H and O–H groups in total. The minimum atomic E-state index is 0.611. The zero-order valence-corrected chi connectivity index (χ0v) is 16.0. The molecule has 1 aliphatic heterocycles. The van der Waals surface area contributed by atoms with Crippen molar-refractivity contribution in [1.82, 2.24) is 20.5 Å².